The summed E-state index contributed by atoms with van der Waals surface area (Å²) in [7, 11) is -3.29. The van der Waals surface area contributed by atoms with Gasteiger partial charge < -0.3 is 4.74 Å². The highest BCUT2D eigenvalue weighted by molar-refractivity contribution is 7.90. The average molecular weight is 433 g/mol. The fraction of sp³-hybridized carbons (Fsp3) is 0.190. The van der Waals surface area contributed by atoms with Crippen LogP contribution in [0.2, 0.25) is 5.02 Å². The smallest absolute Gasteiger partial charge is 0.349 e. The first-order valence-electron chi connectivity index (χ1n) is 8.55. The molecule has 0 N–H and O–H groups in total. The zero-order chi connectivity index (χ0) is 20.3. The molecular weight excluding hydrogens is 416 g/mol. The fourth-order valence-corrected chi connectivity index (χ4v) is 5.54. The van der Waals surface area contributed by atoms with Gasteiger partial charge in [0.05, 0.1) is 4.90 Å². The molecule has 1 aliphatic heterocycles. The van der Waals surface area contributed by atoms with Crippen molar-refractivity contribution >= 4 is 38.7 Å². The molecule has 0 saturated heterocycles. The number of benzene rings is 2. The van der Waals surface area contributed by atoms with E-state index in [2.05, 4.69) is 0 Å². The molecule has 0 unspecified atom stereocenters. The molecule has 144 valence electrons. The lowest BCUT2D eigenvalue weighted by Gasteiger charge is -2.20. The quantitative estimate of drug-likeness (QED) is 0.509. The Morgan fingerprint density at radius 2 is 1.50 bits per heavy atom. The highest BCUT2D eigenvalue weighted by Gasteiger charge is 2.43. The Hall–Kier alpha value is -2.15. The summed E-state index contributed by atoms with van der Waals surface area (Å²) >= 11 is 7.42. The lowest BCUT2D eigenvalue weighted by atomic mass is 9.90. The first-order valence-corrected chi connectivity index (χ1v) is 11.6. The molecule has 1 aromatic heterocycles. The van der Waals surface area contributed by atoms with Crippen LogP contribution in [0.1, 0.15) is 29.1 Å². The number of esters is 1. The highest BCUT2D eigenvalue weighted by Crippen LogP contribution is 2.52. The van der Waals surface area contributed by atoms with Gasteiger partial charge in [0, 0.05) is 27.3 Å². The van der Waals surface area contributed by atoms with E-state index in [1.165, 1.54) is 17.6 Å². The molecule has 0 spiro atoms. The fourth-order valence-electron chi connectivity index (χ4n) is 3.43. The number of thiophene rings is 1. The Bertz CT molecular complexity index is 1190. The summed E-state index contributed by atoms with van der Waals surface area (Å²) in [4.78, 5) is 14.2. The number of carbonyl (C=O) groups is 1. The second-order valence-electron chi connectivity index (χ2n) is 7.21. The number of ether oxygens (including phenoxy) is 1. The zero-order valence-electron chi connectivity index (χ0n) is 15.4. The second kappa shape index (κ2) is 6.44. The van der Waals surface area contributed by atoms with Gasteiger partial charge in [0.1, 0.15) is 10.5 Å². The van der Waals surface area contributed by atoms with Crippen molar-refractivity contribution in [1.82, 2.24) is 0 Å². The Balaban J connectivity index is 1.98. The molecule has 0 atom stereocenters. The molecule has 0 amide bonds. The van der Waals surface area contributed by atoms with E-state index in [0.717, 1.165) is 27.1 Å². The summed E-state index contributed by atoms with van der Waals surface area (Å²) in [5.74, 6) is -0.334. The standard InChI is InChI=1S/C21H17ClO4S2/c1-21(2)17-16(12-6-10-15(11-7-12)28(3,24)25)18(27-19(17)20(23)26-21)13-4-8-14(22)9-5-13/h4-11H,1-3H3. The van der Waals surface area contributed by atoms with Crippen LogP contribution in [0.15, 0.2) is 53.4 Å². The number of rotatable bonds is 3. The zero-order valence-corrected chi connectivity index (χ0v) is 17.8. The average Bonchev–Trinajstić information content (AvgIpc) is 3.12. The lowest BCUT2D eigenvalue weighted by Crippen LogP contribution is -2.17. The molecule has 0 radical (unpaired) electrons. The summed E-state index contributed by atoms with van der Waals surface area (Å²) in [6.07, 6.45) is 1.18. The predicted molar refractivity (Wildman–Crippen MR) is 112 cm³/mol. The minimum absolute atomic E-state index is 0.253. The van der Waals surface area contributed by atoms with E-state index in [1.54, 1.807) is 24.3 Å². The van der Waals surface area contributed by atoms with Gasteiger partial charge >= 0.3 is 5.97 Å². The maximum absolute atomic E-state index is 12.4. The van der Waals surface area contributed by atoms with E-state index in [-0.39, 0.29) is 10.9 Å². The summed E-state index contributed by atoms with van der Waals surface area (Å²) < 4.78 is 29.2. The van der Waals surface area contributed by atoms with Crippen molar-refractivity contribution in [2.75, 3.05) is 6.26 Å². The van der Waals surface area contributed by atoms with Crippen LogP contribution in [0.4, 0.5) is 0 Å². The van der Waals surface area contributed by atoms with Gasteiger partial charge in [-0.2, -0.15) is 0 Å². The van der Waals surface area contributed by atoms with Gasteiger partial charge in [-0.05, 0) is 49.2 Å². The third kappa shape index (κ3) is 3.15. The van der Waals surface area contributed by atoms with Gasteiger partial charge in [-0.1, -0.05) is 35.9 Å². The molecule has 0 aliphatic carbocycles. The number of halogens is 1. The van der Waals surface area contributed by atoms with Crippen molar-refractivity contribution in [2.45, 2.75) is 24.3 Å². The number of hydrogen-bond acceptors (Lipinski definition) is 5. The molecule has 2 heterocycles. The minimum atomic E-state index is -3.29. The maximum Gasteiger partial charge on any atom is 0.349 e. The third-order valence-corrected chi connectivity index (χ3v) is 7.32. The lowest BCUT2D eigenvalue weighted by molar-refractivity contribution is 0.00983. The highest BCUT2D eigenvalue weighted by atomic mass is 35.5. The molecule has 0 fully saturated rings. The van der Waals surface area contributed by atoms with Gasteiger partial charge in [0.25, 0.3) is 0 Å². The third-order valence-electron chi connectivity index (χ3n) is 4.72. The molecule has 0 saturated carbocycles. The first kappa shape index (κ1) is 19.2. The van der Waals surface area contributed by atoms with E-state index >= 15 is 0 Å². The summed E-state index contributed by atoms with van der Waals surface area (Å²) in [5, 5.41) is 0.631. The number of carbonyl (C=O) groups excluding carboxylic acids is 1. The van der Waals surface area contributed by atoms with Crippen LogP contribution >= 0.6 is 22.9 Å². The summed E-state index contributed by atoms with van der Waals surface area (Å²) in [6.45, 7) is 3.73. The maximum atomic E-state index is 12.4. The van der Waals surface area contributed by atoms with Gasteiger partial charge in [-0.25, -0.2) is 13.2 Å². The van der Waals surface area contributed by atoms with E-state index in [4.69, 9.17) is 16.3 Å². The van der Waals surface area contributed by atoms with Crippen molar-refractivity contribution in [3.8, 4) is 21.6 Å². The molecular formula is C21H17ClO4S2. The Morgan fingerprint density at radius 1 is 0.929 bits per heavy atom. The molecule has 4 nitrogen and oxygen atoms in total. The molecule has 3 aromatic rings. The molecule has 2 aromatic carbocycles. The monoisotopic (exact) mass is 432 g/mol. The number of fused-ring (bicyclic) bond motifs is 1. The molecule has 7 heteroatoms. The van der Waals surface area contributed by atoms with E-state index in [0.29, 0.717) is 9.90 Å². The molecule has 1 aliphatic rings. The first-order chi connectivity index (χ1) is 13.1. The Kier molecular flexibility index (Phi) is 4.41. The van der Waals surface area contributed by atoms with Crippen molar-refractivity contribution in [1.29, 1.82) is 0 Å². The normalized spacial score (nSPS) is 15.4. The van der Waals surface area contributed by atoms with Gasteiger partial charge in [-0.15, -0.1) is 11.3 Å². The van der Waals surface area contributed by atoms with Crippen molar-refractivity contribution in [3.05, 3.63) is 64.0 Å². The second-order valence-corrected chi connectivity index (χ2v) is 10.7. The van der Waals surface area contributed by atoms with E-state index in [1.807, 2.05) is 38.1 Å². The number of hydrogen-bond donors (Lipinski definition) is 0. The van der Waals surface area contributed by atoms with Crippen molar-refractivity contribution in [2.24, 2.45) is 0 Å². The minimum Gasteiger partial charge on any atom is -0.450 e. The SMILES string of the molecule is CC1(C)OC(=O)c2sc(-c3ccc(Cl)cc3)c(-c3ccc(S(C)(=O)=O)cc3)c21. The van der Waals surface area contributed by atoms with Crippen LogP contribution in [0.5, 0.6) is 0 Å². The van der Waals surface area contributed by atoms with E-state index < -0.39 is 15.4 Å². The van der Waals surface area contributed by atoms with Gasteiger partial charge in [0.2, 0.25) is 0 Å². The van der Waals surface area contributed by atoms with Crippen LogP contribution in [0.3, 0.4) is 0 Å². The van der Waals surface area contributed by atoms with Crippen molar-refractivity contribution < 1.29 is 17.9 Å². The predicted octanol–water partition coefficient (Wildman–Crippen LogP) is 5.54. The summed E-state index contributed by atoms with van der Waals surface area (Å²) in [5.41, 5.74) is 2.73. The Labute approximate surface area is 172 Å². The largest absolute Gasteiger partial charge is 0.450 e. The van der Waals surface area contributed by atoms with Gasteiger partial charge in [0.15, 0.2) is 9.84 Å². The van der Waals surface area contributed by atoms with Crippen LogP contribution in [0, 0.1) is 0 Å². The Morgan fingerprint density at radius 3 is 2.07 bits per heavy atom. The summed E-state index contributed by atoms with van der Waals surface area (Å²) in [6, 6.07) is 14.2. The number of cyclic esters (lactones) is 1. The van der Waals surface area contributed by atoms with Crippen LogP contribution in [-0.4, -0.2) is 20.6 Å². The van der Waals surface area contributed by atoms with Crippen molar-refractivity contribution in [3.63, 3.8) is 0 Å². The molecule has 28 heavy (non-hydrogen) atoms. The molecule has 0 bridgehead atoms. The van der Waals surface area contributed by atoms with E-state index in [9.17, 15) is 13.2 Å². The van der Waals surface area contributed by atoms with Gasteiger partial charge in [-0.3, -0.25) is 0 Å². The topological polar surface area (TPSA) is 60.4 Å². The molecule has 4 rings (SSSR count). The van der Waals surface area contributed by atoms with Crippen LogP contribution in [0.25, 0.3) is 21.6 Å². The van der Waals surface area contributed by atoms with Crippen LogP contribution in [-0.2, 0) is 20.2 Å². The van der Waals surface area contributed by atoms with Crippen LogP contribution < -0.4 is 0 Å². The number of sulfone groups is 1.